The molecular formula is C20H28FN3O3. The minimum Gasteiger partial charge on any atom is -0.450 e. The normalized spacial score (nSPS) is 23.9. The fourth-order valence-corrected chi connectivity index (χ4v) is 4.26. The zero-order valence-electron chi connectivity index (χ0n) is 15.7. The topological polar surface area (TPSA) is 70.7 Å². The average Bonchev–Trinajstić information content (AvgIpc) is 2.92. The first kappa shape index (κ1) is 19.6. The van der Waals surface area contributed by atoms with Gasteiger partial charge in [-0.15, -0.1) is 0 Å². The fourth-order valence-electron chi connectivity index (χ4n) is 4.26. The third-order valence-corrected chi connectivity index (χ3v) is 5.45. The van der Waals surface area contributed by atoms with Crippen LogP contribution in [-0.2, 0) is 4.74 Å². The molecule has 0 saturated carbocycles. The number of amides is 2. The number of piperidine rings is 1. The van der Waals surface area contributed by atoms with E-state index in [1.54, 1.807) is 12.1 Å². The number of hydrogen-bond acceptors (Lipinski definition) is 4. The van der Waals surface area contributed by atoms with E-state index in [0.29, 0.717) is 25.6 Å². The number of benzene rings is 1. The largest absolute Gasteiger partial charge is 0.450 e. The molecule has 2 heterocycles. The number of rotatable bonds is 7. The minimum atomic E-state index is -0.508. The van der Waals surface area contributed by atoms with Crippen molar-refractivity contribution in [2.45, 2.75) is 44.7 Å². The lowest BCUT2D eigenvalue weighted by atomic mass is 9.91. The lowest BCUT2D eigenvalue weighted by Gasteiger charge is -2.38. The lowest BCUT2D eigenvalue weighted by molar-refractivity contribution is 0.0604. The van der Waals surface area contributed by atoms with Gasteiger partial charge in [0, 0.05) is 25.2 Å². The second kappa shape index (κ2) is 9.17. The van der Waals surface area contributed by atoms with Crippen molar-refractivity contribution in [2.24, 2.45) is 5.92 Å². The molecule has 0 spiro atoms. The first-order valence-corrected chi connectivity index (χ1v) is 9.78. The lowest BCUT2D eigenvalue weighted by Crippen LogP contribution is -2.48. The zero-order valence-corrected chi connectivity index (χ0v) is 15.7. The molecule has 6 nitrogen and oxygen atoms in total. The molecule has 1 aromatic carbocycles. The summed E-state index contributed by atoms with van der Waals surface area (Å²) in [6, 6.07) is 6.54. The maximum atomic E-state index is 13.6. The van der Waals surface area contributed by atoms with Crippen molar-refractivity contribution in [3.8, 4) is 0 Å². The highest BCUT2D eigenvalue weighted by molar-refractivity contribution is 5.94. The first-order valence-electron chi connectivity index (χ1n) is 9.78. The Morgan fingerprint density at radius 3 is 2.56 bits per heavy atom. The summed E-state index contributed by atoms with van der Waals surface area (Å²) in [4.78, 5) is 26.0. The predicted octanol–water partition coefficient (Wildman–Crippen LogP) is 2.54. The molecule has 148 valence electrons. The highest BCUT2D eigenvalue weighted by Crippen LogP contribution is 2.38. The van der Waals surface area contributed by atoms with Gasteiger partial charge in [0.15, 0.2) is 0 Å². The van der Waals surface area contributed by atoms with Gasteiger partial charge in [-0.25, -0.2) is 9.18 Å². The van der Waals surface area contributed by atoms with Crippen LogP contribution in [0.3, 0.4) is 0 Å². The second-order valence-electron chi connectivity index (χ2n) is 7.27. The molecule has 0 radical (unpaired) electrons. The summed E-state index contributed by atoms with van der Waals surface area (Å²) >= 11 is 0. The Labute approximate surface area is 159 Å². The van der Waals surface area contributed by atoms with Crippen molar-refractivity contribution in [2.75, 3.05) is 26.2 Å². The van der Waals surface area contributed by atoms with Crippen LogP contribution in [-0.4, -0.2) is 55.2 Å². The summed E-state index contributed by atoms with van der Waals surface area (Å²) in [5, 5.41) is 6.10. The van der Waals surface area contributed by atoms with Gasteiger partial charge in [0.05, 0.1) is 12.2 Å². The number of hydrogen-bond donors (Lipinski definition) is 2. The van der Waals surface area contributed by atoms with Crippen LogP contribution >= 0.6 is 0 Å². The van der Waals surface area contributed by atoms with Crippen LogP contribution in [0.25, 0.3) is 0 Å². The quantitative estimate of drug-likeness (QED) is 0.717. The first-order chi connectivity index (χ1) is 13.1. The van der Waals surface area contributed by atoms with E-state index in [9.17, 15) is 14.0 Å². The van der Waals surface area contributed by atoms with Gasteiger partial charge in [-0.2, -0.15) is 0 Å². The van der Waals surface area contributed by atoms with Crippen LogP contribution in [0.4, 0.5) is 9.18 Å². The summed E-state index contributed by atoms with van der Waals surface area (Å²) in [6.07, 6.45) is 3.91. The van der Waals surface area contributed by atoms with Crippen LogP contribution < -0.4 is 10.6 Å². The maximum absolute atomic E-state index is 13.6. The Morgan fingerprint density at radius 1 is 1.19 bits per heavy atom. The highest BCUT2D eigenvalue weighted by Gasteiger charge is 2.43. The van der Waals surface area contributed by atoms with E-state index in [1.165, 1.54) is 12.1 Å². The summed E-state index contributed by atoms with van der Waals surface area (Å²) in [7, 11) is 0. The summed E-state index contributed by atoms with van der Waals surface area (Å²) in [5.74, 6) is -0.377. The highest BCUT2D eigenvalue weighted by atomic mass is 19.1. The standard InChI is InChI=1S/C20H28FN3O3/c1-2-27-20(26)24-15-7-8-16(24)12-14(11-15)13-22-9-10-23-19(25)17-5-3-4-6-18(17)21/h3-6,14-16,22H,2,7-13H2,1H3,(H,23,25). The predicted molar refractivity (Wildman–Crippen MR) is 100.0 cm³/mol. The van der Waals surface area contributed by atoms with E-state index in [0.717, 1.165) is 32.2 Å². The van der Waals surface area contributed by atoms with Gasteiger partial charge in [0.1, 0.15) is 5.82 Å². The third-order valence-electron chi connectivity index (χ3n) is 5.45. The molecule has 0 aliphatic carbocycles. The minimum absolute atomic E-state index is 0.0698. The van der Waals surface area contributed by atoms with E-state index in [4.69, 9.17) is 4.74 Å². The van der Waals surface area contributed by atoms with Crippen LogP contribution in [0.15, 0.2) is 24.3 Å². The Kier molecular flexibility index (Phi) is 6.66. The van der Waals surface area contributed by atoms with E-state index in [-0.39, 0.29) is 23.7 Å². The molecule has 1 aromatic rings. The third kappa shape index (κ3) is 4.77. The van der Waals surface area contributed by atoms with Gasteiger partial charge in [-0.1, -0.05) is 12.1 Å². The number of nitrogens with zero attached hydrogens (tertiary/aromatic N) is 1. The van der Waals surface area contributed by atoms with E-state index < -0.39 is 11.7 Å². The number of carbonyl (C=O) groups is 2. The maximum Gasteiger partial charge on any atom is 0.410 e. The van der Waals surface area contributed by atoms with Gasteiger partial charge in [0.2, 0.25) is 0 Å². The van der Waals surface area contributed by atoms with Gasteiger partial charge < -0.3 is 20.3 Å². The van der Waals surface area contributed by atoms with Gasteiger partial charge in [-0.3, -0.25) is 4.79 Å². The molecule has 2 amide bonds. The number of nitrogens with one attached hydrogen (secondary N) is 2. The number of fused-ring (bicyclic) bond motifs is 2. The van der Waals surface area contributed by atoms with Crippen molar-refractivity contribution in [1.29, 1.82) is 0 Å². The molecule has 2 aliphatic heterocycles. The second-order valence-corrected chi connectivity index (χ2v) is 7.27. The van der Waals surface area contributed by atoms with Crippen LogP contribution in [0.1, 0.15) is 43.0 Å². The molecule has 2 fully saturated rings. The monoisotopic (exact) mass is 377 g/mol. The summed E-state index contributed by atoms with van der Waals surface area (Å²) < 4.78 is 18.7. The smallest absolute Gasteiger partial charge is 0.410 e. The van der Waals surface area contributed by atoms with Crippen molar-refractivity contribution in [3.63, 3.8) is 0 Å². The molecule has 2 saturated heterocycles. The Morgan fingerprint density at radius 2 is 1.89 bits per heavy atom. The van der Waals surface area contributed by atoms with Gasteiger partial charge >= 0.3 is 6.09 Å². The number of halogens is 1. The van der Waals surface area contributed by atoms with Crippen molar-refractivity contribution >= 4 is 12.0 Å². The molecular weight excluding hydrogens is 349 g/mol. The van der Waals surface area contributed by atoms with Crippen molar-refractivity contribution < 1.29 is 18.7 Å². The number of ether oxygens (including phenoxy) is 1. The fraction of sp³-hybridized carbons (Fsp3) is 0.600. The van der Waals surface area contributed by atoms with Crippen LogP contribution in [0.2, 0.25) is 0 Å². The molecule has 7 heteroatoms. The Hall–Kier alpha value is -2.15. The molecule has 2 unspecified atom stereocenters. The van der Waals surface area contributed by atoms with Crippen LogP contribution in [0, 0.1) is 11.7 Å². The van der Waals surface area contributed by atoms with E-state index in [1.807, 2.05) is 11.8 Å². The Bertz CT molecular complexity index is 656. The summed E-state index contributed by atoms with van der Waals surface area (Å²) in [5.41, 5.74) is 0.0698. The molecule has 0 aromatic heterocycles. The summed E-state index contributed by atoms with van der Waals surface area (Å²) in [6.45, 7) is 4.19. The molecule has 2 N–H and O–H groups in total. The number of carbonyl (C=O) groups excluding carboxylic acids is 2. The molecule has 27 heavy (non-hydrogen) atoms. The molecule has 2 aliphatic rings. The Balaban J connectivity index is 1.36. The van der Waals surface area contributed by atoms with Gasteiger partial charge in [-0.05, 0) is 57.2 Å². The molecule has 2 bridgehead atoms. The zero-order chi connectivity index (χ0) is 19.2. The van der Waals surface area contributed by atoms with Crippen LogP contribution in [0.5, 0.6) is 0 Å². The van der Waals surface area contributed by atoms with E-state index in [2.05, 4.69) is 10.6 Å². The van der Waals surface area contributed by atoms with E-state index >= 15 is 0 Å². The van der Waals surface area contributed by atoms with Crippen molar-refractivity contribution in [3.05, 3.63) is 35.6 Å². The average molecular weight is 377 g/mol. The SMILES string of the molecule is CCOC(=O)N1C2CCC1CC(CNCCNC(=O)c1ccccc1F)C2. The molecule has 3 rings (SSSR count). The van der Waals surface area contributed by atoms with Gasteiger partial charge in [0.25, 0.3) is 5.91 Å². The van der Waals surface area contributed by atoms with Crippen molar-refractivity contribution in [1.82, 2.24) is 15.5 Å². The molecule has 2 atom stereocenters.